The zero-order chi connectivity index (χ0) is 39.2. The molecule has 0 spiro atoms. The molecule has 0 radical (unpaired) electrons. The van der Waals surface area contributed by atoms with E-state index in [2.05, 4.69) is 0 Å². The fraction of sp³-hybridized carbons (Fsp3) is 0.793. The molecule has 1 aliphatic carbocycles. The lowest BCUT2D eigenvalue weighted by molar-refractivity contribution is -0.475. The Morgan fingerprint density at radius 2 is 0.800 bits per heavy atom. The molecule has 50 heavy (non-hydrogen) atoms. The maximum atomic E-state index is 14.8. The second kappa shape index (κ2) is 14.0. The minimum absolute atomic E-state index is 0.445. The number of aryl methyl sites for hydroxylation is 1. The van der Waals surface area contributed by atoms with Gasteiger partial charge >= 0.3 is 59.5 Å². The Morgan fingerprint density at radius 1 is 0.440 bits per heavy atom. The van der Waals surface area contributed by atoms with E-state index in [9.17, 15) is 92.2 Å². The summed E-state index contributed by atoms with van der Waals surface area (Å²) in [5, 5.41) is 0. The van der Waals surface area contributed by atoms with Gasteiger partial charge in [0, 0.05) is 5.92 Å². The van der Waals surface area contributed by atoms with E-state index < -0.39 is 97.0 Å². The molecule has 0 saturated heterocycles. The van der Waals surface area contributed by atoms with Crippen LogP contribution in [0.5, 0.6) is 0 Å². The molecule has 0 atom stereocenters. The van der Waals surface area contributed by atoms with Crippen LogP contribution in [0.2, 0.25) is 0 Å². The van der Waals surface area contributed by atoms with Gasteiger partial charge in [-0.25, -0.2) is 0 Å². The van der Waals surface area contributed by atoms with E-state index in [0.29, 0.717) is 12.0 Å². The SMILES string of the molecule is CCCCCCCc1ccc(C2CCC(C(F)(F)C(F)(F)C(F)(F)C(F)(F)C(F)(F)C(F)(F)C(F)(F)C(F)(F)C(F)(F)C(F)(F)F)CC2)cc1. The number of halogens is 21. The molecule has 1 fully saturated rings. The first-order valence-corrected chi connectivity index (χ1v) is 14.8. The molecule has 0 aromatic heterocycles. The summed E-state index contributed by atoms with van der Waals surface area (Å²) in [6, 6.07) is 6.40. The number of hydrogen-bond donors (Lipinski definition) is 0. The van der Waals surface area contributed by atoms with Crippen LogP contribution in [-0.4, -0.2) is 59.5 Å². The molecule has 0 bridgehead atoms. The zero-order valence-corrected chi connectivity index (χ0v) is 25.5. The fourth-order valence-electron chi connectivity index (χ4n) is 5.51. The maximum Gasteiger partial charge on any atom is 0.460 e. The van der Waals surface area contributed by atoms with Crippen LogP contribution in [0.15, 0.2) is 24.3 Å². The van der Waals surface area contributed by atoms with E-state index in [4.69, 9.17) is 0 Å². The quantitative estimate of drug-likeness (QED) is 0.116. The lowest BCUT2D eigenvalue weighted by Gasteiger charge is -2.46. The van der Waals surface area contributed by atoms with Gasteiger partial charge in [-0.3, -0.25) is 0 Å². The highest BCUT2D eigenvalue weighted by Gasteiger charge is 2.98. The lowest BCUT2D eigenvalue weighted by atomic mass is 9.73. The Hall–Kier alpha value is -2.25. The summed E-state index contributed by atoms with van der Waals surface area (Å²) in [7, 11) is 0. The summed E-state index contributed by atoms with van der Waals surface area (Å²) >= 11 is 0. The second-order valence-corrected chi connectivity index (χ2v) is 12.2. The third-order valence-electron chi connectivity index (χ3n) is 8.80. The highest BCUT2D eigenvalue weighted by Crippen LogP contribution is 2.67. The topological polar surface area (TPSA) is 0 Å². The van der Waals surface area contributed by atoms with Crippen LogP contribution < -0.4 is 0 Å². The highest BCUT2D eigenvalue weighted by molar-refractivity contribution is 5.26. The number of hydrogen-bond acceptors (Lipinski definition) is 0. The first-order valence-electron chi connectivity index (χ1n) is 14.8. The minimum Gasteiger partial charge on any atom is -0.199 e. The molecule has 0 heterocycles. The van der Waals surface area contributed by atoms with Crippen molar-refractivity contribution in [1.82, 2.24) is 0 Å². The molecule has 0 aliphatic heterocycles. The summed E-state index contributed by atoms with van der Waals surface area (Å²) in [6.07, 6.45) is -5.99. The standard InChI is InChI=1S/C29H29F21/c1-2-3-4-5-6-7-16-8-10-17(11-9-16)18-12-14-19(15-13-18)20(30,31)21(32,33)22(34,35)23(36,37)24(38,39)25(40,41)26(42,43)27(44,45)28(46,47)29(48,49)50/h8-11,18-19H,2-7,12-15H2,1H3. The Bertz CT molecular complexity index is 1250. The van der Waals surface area contributed by atoms with Gasteiger partial charge in [0.15, 0.2) is 0 Å². The van der Waals surface area contributed by atoms with Crippen molar-refractivity contribution in [1.29, 1.82) is 0 Å². The lowest BCUT2D eigenvalue weighted by Crippen LogP contribution is -2.77. The Labute approximate surface area is 270 Å². The van der Waals surface area contributed by atoms with Crippen molar-refractivity contribution in [2.24, 2.45) is 5.92 Å². The van der Waals surface area contributed by atoms with Gasteiger partial charge in [0.2, 0.25) is 0 Å². The van der Waals surface area contributed by atoms with Crippen LogP contribution >= 0.6 is 0 Å². The third kappa shape index (κ3) is 6.84. The predicted molar refractivity (Wildman–Crippen MR) is 134 cm³/mol. The smallest absolute Gasteiger partial charge is 0.199 e. The van der Waals surface area contributed by atoms with E-state index in [0.717, 1.165) is 37.7 Å². The van der Waals surface area contributed by atoms with Gasteiger partial charge in [-0.2, -0.15) is 92.2 Å². The van der Waals surface area contributed by atoms with Crippen molar-refractivity contribution < 1.29 is 92.2 Å². The van der Waals surface area contributed by atoms with Gasteiger partial charge in [0.25, 0.3) is 0 Å². The van der Waals surface area contributed by atoms with E-state index >= 15 is 0 Å². The molecule has 0 N–H and O–H groups in total. The summed E-state index contributed by atoms with van der Waals surface area (Å²) < 4.78 is 288. The second-order valence-electron chi connectivity index (χ2n) is 12.2. The molecular formula is C29H29F21. The number of rotatable bonds is 16. The monoisotopic (exact) mass is 776 g/mol. The van der Waals surface area contributed by atoms with E-state index in [1.807, 2.05) is 6.92 Å². The van der Waals surface area contributed by atoms with Crippen molar-refractivity contribution in [3.63, 3.8) is 0 Å². The predicted octanol–water partition coefficient (Wildman–Crippen LogP) is 12.8. The summed E-state index contributed by atoms with van der Waals surface area (Å²) in [4.78, 5) is 0. The molecule has 1 aliphatic rings. The van der Waals surface area contributed by atoms with Crippen LogP contribution in [0.1, 0.15) is 81.8 Å². The van der Waals surface area contributed by atoms with E-state index in [1.54, 1.807) is 24.3 Å². The molecule has 1 aromatic carbocycles. The molecule has 0 unspecified atom stereocenters. The molecule has 292 valence electrons. The molecule has 0 amide bonds. The van der Waals surface area contributed by atoms with Gasteiger partial charge in [-0.15, -0.1) is 0 Å². The average Bonchev–Trinajstić information content (AvgIpc) is 3.00. The summed E-state index contributed by atoms with van der Waals surface area (Å²) in [5.41, 5.74) is 1.31. The average molecular weight is 777 g/mol. The first kappa shape index (κ1) is 43.9. The Morgan fingerprint density at radius 3 is 1.18 bits per heavy atom. The van der Waals surface area contributed by atoms with Crippen molar-refractivity contribution in [3.05, 3.63) is 35.4 Å². The number of benzene rings is 1. The fourth-order valence-corrected chi connectivity index (χ4v) is 5.51. The van der Waals surface area contributed by atoms with Crippen LogP contribution in [0.3, 0.4) is 0 Å². The summed E-state index contributed by atoms with van der Waals surface area (Å²) in [5.74, 6) is -80.3. The van der Waals surface area contributed by atoms with E-state index in [1.165, 1.54) is 0 Å². The van der Waals surface area contributed by atoms with Gasteiger partial charge in [-0.1, -0.05) is 56.9 Å². The van der Waals surface area contributed by atoms with Gasteiger partial charge in [0.1, 0.15) is 0 Å². The molecule has 1 aromatic rings. The van der Waals surface area contributed by atoms with E-state index in [-0.39, 0.29) is 0 Å². The van der Waals surface area contributed by atoms with Crippen LogP contribution in [-0.2, 0) is 6.42 Å². The van der Waals surface area contributed by atoms with Crippen molar-refractivity contribution in [3.8, 4) is 0 Å². The molecule has 2 rings (SSSR count). The summed E-state index contributed by atoms with van der Waals surface area (Å²) in [6.45, 7) is 2.02. The minimum atomic E-state index is -9.15. The Kier molecular flexibility index (Phi) is 12.3. The van der Waals surface area contributed by atoms with Gasteiger partial charge in [-0.05, 0) is 55.6 Å². The Balaban J connectivity index is 2.33. The molecule has 0 nitrogen and oxygen atoms in total. The third-order valence-corrected chi connectivity index (χ3v) is 8.80. The van der Waals surface area contributed by atoms with Crippen molar-refractivity contribution >= 4 is 0 Å². The van der Waals surface area contributed by atoms with Gasteiger partial charge in [0.05, 0.1) is 0 Å². The maximum absolute atomic E-state index is 14.8. The molecule has 21 heteroatoms. The largest absolute Gasteiger partial charge is 0.460 e. The number of unbranched alkanes of at least 4 members (excludes halogenated alkanes) is 4. The van der Waals surface area contributed by atoms with Crippen molar-refractivity contribution in [2.45, 2.75) is 137 Å². The molecule has 1 saturated carbocycles. The zero-order valence-electron chi connectivity index (χ0n) is 25.5. The number of alkyl halides is 21. The van der Waals surface area contributed by atoms with Crippen LogP contribution in [0.4, 0.5) is 92.2 Å². The first-order chi connectivity index (χ1) is 22.3. The normalized spacial score (nSPS) is 20.0. The highest BCUT2D eigenvalue weighted by atomic mass is 19.4. The van der Waals surface area contributed by atoms with Crippen LogP contribution in [0.25, 0.3) is 0 Å². The van der Waals surface area contributed by atoms with Crippen LogP contribution in [0, 0.1) is 5.92 Å². The van der Waals surface area contributed by atoms with Crippen molar-refractivity contribution in [2.75, 3.05) is 0 Å². The molecular weight excluding hydrogens is 747 g/mol. The van der Waals surface area contributed by atoms with Gasteiger partial charge < -0.3 is 0 Å².